The van der Waals surface area contributed by atoms with Crippen molar-refractivity contribution in [2.75, 3.05) is 19.5 Å². The van der Waals surface area contributed by atoms with Crippen molar-refractivity contribution < 1.29 is 23.1 Å². The molecule has 0 bridgehead atoms. The van der Waals surface area contributed by atoms with Gasteiger partial charge in [0.25, 0.3) is 0 Å². The lowest BCUT2D eigenvalue weighted by Gasteiger charge is -2.11. The predicted molar refractivity (Wildman–Crippen MR) is 118 cm³/mol. The first-order chi connectivity index (χ1) is 14.9. The number of carbonyl (C=O) groups is 1. The number of methoxy groups -OCH3 is 2. The van der Waals surface area contributed by atoms with E-state index in [1.165, 1.54) is 0 Å². The van der Waals surface area contributed by atoms with Crippen LogP contribution in [0.25, 0.3) is 21.9 Å². The quantitative estimate of drug-likeness (QED) is 0.452. The first kappa shape index (κ1) is 20.5. The van der Waals surface area contributed by atoms with Gasteiger partial charge in [0.15, 0.2) is 0 Å². The van der Waals surface area contributed by atoms with Gasteiger partial charge in [-0.2, -0.15) is 0 Å². The maximum Gasteiger partial charge on any atom is 0.339 e. The summed E-state index contributed by atoms with van der Waals surface area (Å²) in [5.74, 6) is 0.915. The topological polar surface area (TPSA) is 90.9 Å². The second-order valence-electron chi connectivity index (χ2n) is 7.41. The summed E-state index contributed by atoms with van der Waals surface area (Å²) in [6, 6.07) is 8.83. The third-order valence-electron chi connectivity index (χ3n) is 5.41. The van der Waals surface area contributed by atoms with Crippen LogP contribution in [-0.4, -0.2) is 20.1 Å². The molecule has 0 saturated carbocycles. The van der Waals surface area contributed by atoms with Crippen molar-refractivity contribution in [3.63, 3.8) is 0 Å². The van der Waals surface area contributed by atoms with Crippen molar-refractivity contribution in [2.45, 2.75) is 26.7 Å². The summed E-state index contributed by atoms with van der Waals surface area (Å²) < 4.78 is 21.5. The number of aryl methyl sites for hydroxylation is 2. The molecule has 0 atom stereocenters. The standard InChI is InChI=1S/C24H23NO6/c1-13-12-30-21-11-22-20(10-19(13)21)14(2)18(24(27)31-22)5-6-23(26)25-15-7-16(28-3)9-17(8-15)29-4/h7-12H,5-6H2,1-4H3,(H,25,26). The molecular weight excluding hydrogens is 398 g/mol. The molecule has 7 heteroatoms. The second kappa shape index (κ2) is 8.18. The number of benzene rings is 2. The third kappa shape index (κ3) is 3.99. The van der Waals surface area contributed by atoms with Crippen molar-refractivity contribution in [1.82, 2.24) is 0 Å². The Hall–Kier alpha value is -3.74. The van der Waals surface area contributed by atoms with E-state index in [2.05, 4.69) is 5.32 Å². The summed E-state index contributed by atoms with van der Waals surface area (Å²) in [5.41, 5.74) is 3.58. The van der Waals surface area contributed by atoms with E-state index in [4.69, 9.17) is 18.3 Å². The van der Waals surface area contributed by atoms with Gasteiger partial charge in [0, 0.05) is 52.7 Å². The number of anilines is 1. The summed E-state index contributed by atoms with van der Waals surface area (Å²) in [7, 11) is 3.09. The minimum atomic E-state index is -0.441. The molecule has 0 aliphatic heterocycles. The molecule has 0 fully saturated rings. The van der Waals surface area contributed by atoms with E-state index >= 15 is 0 Å². The zero-order chi connectivity index (χ0) is 22.1. The zero-order valence-electron chi connectivity index (χ0n) is 17.8. The molecule has 1 N–H and O–H groups in total. The first-order valence-electron chi connectivity index (χ1n) is 9.86. The Bertz CT molecular complexity index is 1330. The number of carbonyl (C=O) groups excluding carboxylic acids is 1. The summed E-state index contributed by atoms with van der Waals surface area (Å²) in [4.78, 5) is 25.1. The molecule has 0 aliphatic carbocycles. The van der Waals surface area contributed by atoms with Crippen molar-refractivity contribution in [3.8, 4) is 11.5 Å². The molecule has 1 amide bonds. The van der Waals surface area contributed by atoms with Crippen LogP contribution in [0.4, 0.5) is 5.69 Å². The number of rotatable bonds is 6. The lowest BCUT2D eigenvalue weighted by atomic mass is 10.0. The van der Waals surface area contributed by atoms with Gasteiger partial charge in [-0.25, -0.2) is 4.79 Å². The van der Waals surface area contributed by atoms with Crippen molar-refractivity contribution >= 4 is 33.5 Å². The molecule has 0 saturated heterocycles. The molecule has 4 aromatic rings. The first-order valence-corrected chi connectivity index (χ1v) is 9.86. The largest absolute Gasteiger partial charge is 0.497 e. The van der Waals surface area contributed by atoms with Crippen molar-refractivity contribution in [3.05, 3.63) is 63.7 Å². The van der Waals surface area contributed by atoms with Crippen LogP contribution < -0.4 is 20.4 Å². The van der Waals surface area contributed by atoms with Crippen LogP contribution in [0, 0.1) is 13.8 Å². The molecule has 0 aliphatic rings. The van der Waals surface area contributed by atoms with Gasteiger partial charge in [0.05, 0.1) is 20.5 Å². The van der Waals surface area contributed by atoms with E-state index in [0.717, 1.165) is 21.9 Å². The average Bonchev–Trinajstić information content (AvgIpc) is 3.11. The fourth-order valence-corrected chi connectivity index (χ4v) is 3.67. The SMILES string of the molecule is COc1cc(NC(=O)CCc2c(C)c3cc4c(C)coc4cc3oc2=O)cc(OC)c1. The van der Waals surface area contributed by atoms with Crippen LogP contribution in [0.3, 0.4) is 0 Å². The molecule has 0 radical (unpaired) electrons. The normalized spacial score (nSPS) is 11.1. The van der Waals surface area contributed by atoms with Gasteiger partial charge in [0.1, 0.15) is 22.7 Å². The molecule has 2 heterocycles. The van der Waals surface area contributed by atoms with Crippen LogP contribution in [0.2, 0.25) is 0 Å². The summed E-state index contributed by atoms with van der Waals surface area (Å²) in [5, 5.41) is 4.63. The molecule has 2 aromatic carbocycles. The highest BCUT2D eigenvalue weighted by Gasteiger charge is 2.16. The number of furan rings is 1. The Morgan fingerprint density at radius 1 is 0.968 bits per heavy atom. The van der Waals surface area contributed by atoms with Gasteiger partial charge < -0.3 is 23.6 Å². The molecule has 0 unspecified atom stereocenters. The molecule has 0 spiro atoms. The number of nitrogens with one attached hydrogen (secondary N) is 1. The third-order valence-corrected chi connectivity index (χ3v) is 5.41. The fourth-order valence-electron chi connectivity index (χ4n) is 3.67. The number of ether oxygens (including phenoxy) is 2. The van der Waals surface area contributed by atoms with E-state index in [1.54, 1.807) is 44.7 Å². The average molecular weight is 421 g/mol. The maximum atomic E-state index is 12.6. The molecule has 2 aromatic heterocycles. The Labute approximate surface area is 178 Å². The highest BCUT2D eigenvalue weighted by Crippen LogP contribution is 2.29. The molecular formula is C24H23NO6. The monoisotopic (exact) mass is 421 g/mol. The molecule has 4 rings (SSSR count). The number of hydrogen-bond donors (Lipinski definition) is 1. The van der Waals surface area contributed by atoms with Gasteiger partial charge >= 0.3 is 5.63 Å². The van der Waals surface area contributed by atoms with E-state index in [9.17, 15) is 9.59 Å². The Kier molecular flexibility index (Phi) is 5.42. The summed E-state index contributed by atoms with van der Waals surface area (Å²) in [6.45, 7) is 3.84. The minimum Gasteiger partial charge on any atom is -0.497 e. The van der Waals surface area contributed by atoms with Crippen LogP contribution in [-0.2, 0) is 11.2 Å². The van der Waals surface area contributed by atoms with E-state index < -0.39 is 5.63 Å². The lowest BCUT2D eigenvalue weighted by Crippen LogP contribution is -2.16. The second-order valence-corrected chi connectivity index (χ2v) is 7.41. The van der Waals surface area contributed by atoms with Crippen molar-refractivity contribution in [1.29, 1.82) is 0 Å². The Morgan fingerprint density at radius 2 is 1.68 bits per heavy atom. The van der Waals surface area contributed by atoms with Crippen molar-refractivity contribution in [2.24, 2.45) is 0 Å². The molecule has 7 nitrogen and oxygen atoms in total. The van der Waals surface area contributed by atoms with Gasteiger partial charge in [-0.1, -0.05) is 0 Å². The van der Waals surface area contributed by atoms with Gasteiger partial charge in [-0.3, -0.25) is 4.79 Å². The molecule has 31 heavy (non-hydrogen) atoms. The Balaban J connectivity index is 1.57. The predicted octanol–water partition coefficient (Wildman–Crippen LogP) is 4.74. The summed E-state index contributed by atoms with van der Waals surface area (Å²) >= 11 is 0. The highest BCUT2D eigenvalue weighted by molar-refractivity contribution is 5.96. The minimum absolute atomic E-state index is 0.129. The van der Waals surface area contributed by atoms with Crippen LogP contribution in [0.15, 0.2) is 50.2 Å². The van der Waals surface area contributed by atoms with Gasteiger partial charge in [-0.05, 0) is 37.5 Å². The fraction of sp³-hybridized carbons (Fsp3) is 0.250. The maximum absolute atomic E-state index is 12.6. The lowest BCUT2D eigenvalue weighted by molar-refractivity contribution is -0.116. The number of amides is 1. The smallest absolute Gasteiger partial charge is 0.339 e. The Morgan fingerprint density at radius 3 is 2.35 bits per heavy atom. The summed E-state index contributed by atoms with van der Waals surface area (Å²) in [6.07, 6.45) is 2.07. The van der Waals surface area contributed by atoms with E-state index in [1.807, 2.05) is 19.9 Å². The van der Waals surface area contributed by atoms with Crippen LogP contribution in [0.1, 0.15) is 23.1 Å². The highest BCUT2D eigenvalue weighted by atomic mass is 16.5. The van der Waals surface area contributed by atoms with Crippen LogP contribution >= 0.6 is 0 Å². The molecule has 160 valence electrons. The van der Waals surface area contributed by atoms with E-state index in [-0.39, 0.29) is 18.7 Å². The number of hydrogen-bond acceptors (Lipinski definition) is 6. The number of fused-ring (bicyclic) bond motifs is 2. The van der Waals surface area contributed by atoms with Gasteiger partial charge in [0.2, 0.25) is 5.91 Å². The van der Waals surface area contributed by atoms with E-state index in [0.29, 0.717) is 33.9 Å². The van der Waals surface area contributed by atoms with Crippen LogP contribution in [0.5, 0.6) is 11.5 Å². The van der Waals surface area contributed by atoms with Gasteiger partial charge in [-0.15, -0.1) is 0 Å². The zero-order valence-corrected chi connectivity index (χ0v) is 17.8.